The quantitative estimate of drug-likeness (QED) is 0.421. The highest BCUT2D eigenvalue weighted by Crippen LogP contribution is 2.40. The largest absolute Gasteiger partial charge is 0.491 e. The standard InChI is InChI=1S/C22H21Cl3N2O3/c23-8-7-16-1-4-18(5-2-16)28-12-19-13-29-22(30-19,14-27-10-9-26-15-27)20-6-3-17(24)11-21(20)25/h1-6,9-11,15,19H,7-8,12-14H2. The summed E-state index contributed by atoms with van der Waals surface area (Å²) >= 11 is 18.4. The molecule has 1 aliphatic heterocycles. The summed E-state index contributed by atoms with van der Waals surface area (Å²) in [6.07, 6.45) is 5.85. The molecule has 1 aliphatic rings. The predicted molar refractivity (Wildman–Crippen MR) is 118 cm³/mol. The molecule has 0 N–H and O–H groups in total. The zero-order chi connectivity index (χ0) is 21.0. The minimum absolute atomic E-state index is 0.261. The first-order valence-corrected chi connectivity index (χ1v) is 10.9. The van der Waals surface area contributed by atoms with Gasteiger partial charge in [0.25, 0.3) is 0 Å². The van der Waals surface area contributed by atoms with E-state index in [2.05, 4.69) is 4.98 Å². The Morgan fingerprint density at radius 1 is 1.17 bits per heavy atom. The topological polar surface area (TPSA) is 45.5 Å². The average molecular weight is 468 g/mol. The van der Waals surface area contributed by atoms with Gasteiger partial charge in [-0.15, -0.1) is 11.6 Å². The Morgan fingerprint density at radius 2 is 2.00 bits per heavy atom. The van der Waals surface area contributed by atoms with Crippen LogP contribution in [0, 0.1) is 0 Å². The highest BCUT2D eigenvalue weighted by Gasteiger charge is 2.45. The van der Waals surface area contributed by atoms with Gasteiger partial charge in [-0.3, -0.25) is 0 Å². The zero-order valence-corrected chi connectivity index (χ0v) is 18.4. The zero-order valence-electron chi connectivity index (χ0n) is 16.1. The summed E-state index contributed by atoms with van der Waals surface area (Å²) in [5.41, 5.74) is 1.89. The van der Waals surface area contributed by atoms with Crippen LogP contribution in [-0.4, -0.2) is 34.7 Å². The first kappa shape index (κ1) is 21.5. The van der Waals surface area contributed by atoms with E-state index in [1.54, 1.807) is 24.7 Å². The molecule has 1 saturated heterocycles. The second-order valence-corrected chi connectivity index (χ2v) is 8.28. The molecule has 1 fully saturated rings. The lowest BCUT2D eigenvalue weighted by Crippen LogP contribution is -2.34. The van der Waals surface area contributed by atoms with Crippen molar-refractivity contribution in [3.63, 3.8) is 0 Å². The van der Waals surface area contributed by atoms with Crippen molar-refractivity contribution in [1.29, 1.82) is 0 Å². The normalized spacial score (nSPS) is 21.1. The molecule has 5 nitrogen and oxygen atoms in total. The number of alkyl halides is 1. The molecule has 0 amide bonds. The smallest absolute Gasteiger partial charge is 0.215 e. The van der Waals surface area contributed by atoms with Crippen LogP contribution in [0.4, 0.5) is 0 Å². The predicted octanol–water partition coefficient (Wildman–Crippen LogP) is 5.32. The number of hydrogen-bond acceptors (Lipinski definition) is 4. The van der Waals surface area contributed by atoms with Crippen LogP contribution in [0.1, 0.15) is 11.1 Å². The van der Waals surface area contributed by atoms with Crippen molar-refractivity contribution in [2.24, 2.45) is 0 Å². The molecule has 2 aromatic carbocycles. The number of hydrogen-bond donors (Lipinski definition) is 0. The maximum atomic E-state index is 6.49. The number of imidazole rings is 1. The maximum absolute atomic E-state index is 6.49. The highest BCUT2D eigenvalue weighted by molar-refractivity contribution is 6.35. The highest BCUT2D eigenvalue weighted by atomic mass is 35.5. The van der Waals surface area contributed by atoms with Crippen molar-refractivity contribution < 1.29 is 14.2 Å². The Kier molecular flexibility index (Phi) is 6.86. The van der Waals surface area contributed by atoms with Crippen LogP contribution in [0.5, 0.6) is 5.75 Å². The summed E-state index contributed by atoms with van der Waals surface area (Å²) in [5, 5.41) is 1.04. The van der Waals surface area contributed by atoms with Gasteiger partial charge in [0.1, 0.15) is 18.5 Å². The van der Waals surface area contributed by atoms with Crippen molar-refractivity contribution >= 4 is 34.8 Å². The summed E-state index contributed by atoms with van der Waals surface area (Å²) in [7, 11) is 0. The fourth-order valence-corrected chi connectivity index (χ4v) is 4.20. The van der Waals surface area contributed by atoms with Crippen LogP contribution in [0.2, 0.25) is 10.0 Å². The van der Waals surface area contributed by atoms with E-state index in [4.69, 9.17) is 49.0 Å². The molecule has 0 saturated carbocycles. The molecular weight excluding hydrogens is 447 g/mol. The number of aryl methyl sites for hydroxylation is 1. The summed E-state index contributed by atoms with van der Waals surface area (Å²) in [4.78, 5) is 4.11. The molecule has 2 heterocycles. The van der Waals surface area contributed by atoms with E-state index < -0.39 is 5.79 Å². The molecule has 2 atom stereocenters. The summed E-state index contributed by atoms with van der Waals surface area (Å²) < 4.78 is 20.4. The van der Waals surface area contributed by atoms with Gasteiger partial charge in [-0.25, -0.2) is 4.98 Å². The monoisotopic (exact) mass is 466 g/mol. The fourth-order valence-electron chi connectivity index (χ4n) is 3.43. The third-order valence-corrected chi connectivity index (χ3v) is 5.63. The number of rotatable bonds is 8. The average Bonchev–Trinajstić information content (AvgIpc) is 3.38. The van der Waals surface area contributed by atoms with Crippen molar-refractivity contribution in [3.05, 3.63) is 82.4 Å². The Hall–Kier alpha value is -1.76. The molecule has 2 unspecified atom stereocenters. The van der Waals surface area contributed by atoms with E-state index in [0.29, 0.717) is 35.7 Å². The molecule has 0 radical (unpaired) electrons. The van der Waals surface area contributed by atoms with E-state index in [1.165, 1.54) is 5.56 Å². The Bertz CT molecular complexity index is 966. The van der Waals surface area contributed by atoms with E-state index in [1.807, 2.05) is 41.1 Å². The van der Waals surface area contributed by atoms with Gasteiger partial charge in [-0.1, -0.05) is 41.4 Å². The van der Waals surface area contributed by atoms with E-state index in [9.17, 15) is 0 Å². The van der Waals surface area contributed by atoms with Crippen LogP contribution in [-0.2, 0) is 28.2 Å². The van der Waals surface area contributed by atoms with Crippen molar-refractivity contribution in [2.45, 2.75) is 24.9 Å². The Labute approximate surface area is 190 Å². The van der Waals surface area contributed by atoms with Crippen molar-refractivity contribution in [2.75, 3.05) is 19.1 Å². The third-order valence-electron chi connectivity index (χ3n) is 4.89. The molecule has 0 spiro atoms. The van der Waals surface area contributed by atoms with E-state index in [0.717, 1.165) is 17.7 Å². The van der Waals surface area contributed by atoms with Gasteiger partial charge in [-0.2, -0.15) is 0 Å². The van der Waals surface area contributed by atoms with Gasteiger partial charge in [0.05, 0.1) is 24.5 Å². The lowest BCUT2D eigenvalue weighted by molar-refractivity contribution is -0.189. The van der Waals surface area contributed by atoms with Crippen molar-refractivity contribution in [1.82, 2.24) is 9.55 Å². The lowest BCUT2D eigenvalue weighted by Gasteiger charge is -2.30. The first-order valence-electron chi connectivity index (χ1n) is 9.59. The van der Waals surface area contributed by atoms with Crippen molar-refractivity contribution in [3.8, 4) is 5.75 Å². The van der Waals surface area contributed by atoms with Gasteiger partial charge < -0.3 is 18.8 Å². The minimum atomic E-state index is -1.05. The molecule has 0 bridgehead atoms. The SMILES string of the molecule is ClCCc1ccc(OCC2COC(Cn3ccnc3)(c3ccc(Cl)cc3Cl)O2)cc1. The molecule has 158 valence electrons. The first-order chi connectivity index (χ1) is 14.6. The second-order valence-electron chi connectivity index (χ2n) is 7.06. The van der Waals surface area contributed by atoms with Crippen LogP contribution in [0.25, 0.3) is 0 Å². The van der Waals surface area contributed by atoms with Crippen LogP contribution in [0.3, 0.4) is 0 Å². The van der Waals surface area contributed by atoms with Gasteiger partial charge in [0.15, 0.2) is 0 Å². The van der Waals surface area contributed by atoms with E-state index >= 15 is 0 Å². The van der Waals surface area contributed by atoms with Crippen LogP contribution < -0.4 is 4.74 Å². The summed E-state index contributed by atoms with van der Waals surface area (Å²) in [5.74, 6) is 0.314. The van der Waals surface area contributed by atoms with Crippen LogP contribution in [0.15, 0.2) is 61.2 Å². The third kappa shape index (κ3) is 4.93. The van der Waals surface area contributed by atoms with E-state index in [-0.39, 0.29) is 6.10 Å². The summed E-state index contributed by atoms with van der Waals surface area (Å²) in [6, 6.07) is 13.2. The fraction of sp³-hybridized carbons (Fsp3) is 0.318. The molecule has 4 rings (SSSR count). The number of benzene rings is 2. The van der Waals surface area contributed by atoms with Gasteiger partial charge in [0, 0.05) is 28.9 Å². The number of halogens is 3. The number of aromatic nitrogens is 2. The molecule has 0 aliphatic carbocycles. The minimum Gasteiger partial charge on any atom is -0.491 e. The molecule has 3 aromatic rings. The maximum Gasteiger partial charge on any atom is 0.215 e. The Morgan fingerprint density at radius 3 is 2.70 bits per heavy atom. The molecule has 30 heavy (non-hydrogen) atoms. The van der Waals surface area contributed by atoms with Crippen LogP contribution >= 0.6 is 34.8 Å². The molecule has 1 aromatic heterocycles. The lowest BCUT2D eigenvalue weighted by atomic mass is 10.1. The molecular formula is C22H21Cl3N2O3. The number of nitrogens with zero attached hydrogens (tertiary/aromatic N) is 2. The van der Waals surface area contributed by atoms with Gasteiger partial charge in [-0.05, 0) is 36.2 Å². The molecule has 8 heteroatoms. The number of ether oxygens (including phenoxy) is 3. The Balaban J connectivity index is 1.48. The summed E-state index contributed by atoms with van der Waals surface area (Å²) in [6.45, 7) is 1.13. The van der Waals surface area contributed by atoms with Gasteiger partial charge >= 0.3 is 0 Å². The van der Waals surface area contributed by atoms with Gasteiger partial charge in [0.2, 0.25) is 5.79 Å². The second kappa shape index (κ2) is 9.58.